The van der Waals surface area contributed by atoms with Gasteiger partial charge in [0.2, 0.25) is 5.75 Å². The number of carbonyl (C=O) groups excluding carboxylic acids is 1. The van der Waals surface area contributed by atoms with Crippen LogP contribution in [0.1, 0.15) is 12.8 Å². The molecule has 2 rings (SSSR count). The number of methoxy groups -OCH3 is 1. The minimum atomic E-state index is -0.535. The lowest BCUT2D eigenvalue weighted by atomic mass is 10.1. The number of nitrogens with zero attached hydrogens (tertiary/aromatic N) is 1. The summed E-state index contributed by atoms with van der Waals surface area (Å²) in [5, 5.41) is 16.9. The molecule has 23 heavy (non-hydrogen) atoms. The maximum absolute atomic E-state index is 11.7. The molecule has 1 unspecified atom stereocenters. The molecule has 0 saturated carbocycles. The van der Waals surface area contributed by atoms with E-state index in [2.05, 4.69) is 10.6 Å². The Morgan fingerprint density at radius 2 is 2.35 bits per heavy atom. The summed E-state index contributed by atoms with van der Waals surface area (Å²) in [5.74, 6) is 0.854. The third-order valence-corrected chi connectivity index (χ3v) is 3.75. The van der Waals surface area contributed by atoms with Gasteiger partial charge in [0.25, 0.3) is 5.91 Å². The Morgan fingerprint density at radius 3 is 3.00 bits per heavy atom. The van der Waals surface area contributed by atoms with Crippen molar-refractivity contribution >= 4 is 11.6 Å². The molecule has 0 aliphatic carbocycles. The van der Waals surface area contributed by atoms with E-state index >= 15 is 0 Å². The molecule has 1 fully saturated rings. The van der Waals surface area contributed by atoms with E-state index in [1.807, 2.05) is 0 Å². The smallest absolute Gasteiger partial charge is 0.311 e. The van der Waals surface area contributed by atoms with Crippen molar-refractivity contribution in [2.24, 2.45) is 5.92 Å². The summed E-state index contributed by atoms with van der Waals surface area (Å²) in [5.41, 5.74) is -0.144. The van der Waals surface area contributed by atoms with Crippen LogP contribution >= 0.6 is 0 Å². The average Bonchev–Trinajstić information content (AvgIpc) is 3.05. The molecule has 0 aromatic heterocycles. The van der Waals surface area contributed by atoms with Crippen LogP contribution in [0.2, 0.25) is 0 Å². The second-order valence-electron chi connectivity index (χ2n) is 5.38. The van der Waals surface area contributed by atoms with Crippen LogP contribution in [0.3, 0.4) is 0 Å². The highest BCUT2D eigenvalue weighted by atomic mass is 16.6. The van der Waals surface area contributed by atoms with Gasteiger partial charge < -0.3 is 20.1 Å². The average molecular weight is 323 g/mol. The van der Waals surface area contributed by atoms with Gasteiger partial charge in [0, 0.05) is 18.7 Å². The van der Waals surface area contributed by atoms with Gasteiger partial charge in [-0.15, -0.1) is 0 Å². The summed E-state index contributed by atoms with van der Waals surface area (Å²) in [4.78, 5) is 22.0. The molecule has 1 aliphatic rings. The van der Waals surface area contributed by atoms with Crippen molar-refractivity contribution in [1.82, 2.24) is 10.6 Å². The SMILES string of the molecule is COc1cc(OCC(=O)NCCC2CCNC2)ccc1[N+](=O)[O-]. The van der Waals surface area contributed by atoms with Gasteiger partial charge in [0.05, 0.1) is 12.0 Å². The second kappa shape index (κ2) is 8.33. The monoisotopic (exact) mass is 323 g/mol. The van der Waals surface area contributed by atoms with Gasteiger partial charge >= 0.3 is 5.69 Å². The highest BCUT2D eigenvalue weighted by Crippen LogP contribution is 2.30. The fourth-order valence-corrected chi connectivity index (χ4v) is 2.48. The number of carbonyl (C=O) groups is 1. The number of benzene rings is 1. The Labute approximate surface area is 134 Å². The number of rotatable bonds is 8. The van der Waals surface area contributed by atoms with Crippen molar-refractivity contribution in [1.29, 1.82) is 0 Å². The van der Waals surface area contributed by atoms with Gasteiger partial charge in [0.1, 0.15) is 5.75 Å². The molecule has 2 N–H and O–H groups in total. The van der Waals surface area contributed by atoms with Crippen LogP contribution in [0, 0.1) is 16.0 Å². The van der Waals surface area contributed by atoms with Crippen molar-refractivity contribution in [3.05, 3.63) is 28.3 Å². The first-order valence-electron chi connectivity index (χ1n) is 7.53. The van der Waals surface area contributed by atoms with Crippen molar-refractivity contribution in [3.8, 4) is 11.5 Å². The summed E-state index contributed by atoms with van der Waals surface area (Å²) in [6.45, 7) is 2.54. The van der Waals surface area contributed by atoms with E-state index in [4.69, 9.17) is 9.47 Å². The zero-order valence-corrected chi connectivity index (χ0v) is 13.0. The number of amides is 1. The third-order valence-electron chi connectivity index (χ3n) is 3.75. The van der Waals surface area contributed by atoms with E-state index in [1.165, 1.54) is 25.3 Å². The predicted octanol–water partition coefficient (Wildman–Crippen LogP) is 1.10. The van der Waals surface area contributed by atoms with E-state index in [0.29, 0.717) is 18.2 Å². The number of ether oxygens (including phenoxy) is 2. The number of nitro groups is 1. The van der Waals surface area contributed by atoms with Crippen molar-refractivity contribution in [2.45, 2.75) is 12.8 Å². The normalized spacial score (nSPS) is 16.8. The Bertz CT molecular complexity index is 558. The number of hydrogen-bond acceptors (Lipinski definition) is 6. The minimum Gasteiger partial charge on any atom is -0.490 e. The number of hydrogen-bond donors (Lipinski definition) is 2. The van der Waals surface area contributed by atoms with Crippen LogP contribution in [-0.4, -0.2) is 44.2 Å². The van der Waals surface area contributed by atoms with Gasteiger partial charge in [-0.25, -0.2) is 0 Å². The lowest BCUT2D eigenvalue weighted by molar-refractivity contribution is -0.385. The second-order valence-corrected chi connectivity index (χ2v) is 5.38. The molecule has 126 valence electrons. The molecule has 1 atom stereocenters. The molecule has 8 nitrogen and oxygen atoms in total. The standard InChI is InChI=1S/C15H21N3O5/c1-22-14-8-12(2-3-13(14)18(20)21)23-10-15(19)17-7-5-11-4-6-16-9-11/h2-3,8,11,16H,4-7,9-10H2,1H3,(H,17,19). The zero-order valence-electron chi connectivity index (χ0n) is 13.0. The Kier molecular flexibility index (Phi) is 6.16. The molecule has 1 amide bonds. The summed E-state index contributed by atoms with van der Waals surface area (Å²) in [6, 6.07) is 4.13. The fraction of sp³-hybridized carbons (Fsp3) is 0.533. The zero-order chi connectivity index (χ0) is 16.7. The quantitative estimate of drug-likeness (QED) is 0.548. The van der Waals surface area contributed by atoms with Crippen molar-refractivity contribution < 1.29 is 19.2 Å². The van der Waals surface area contributed by atoms with Crippen molar-refractivity contribution in [3.63, 3.8) is 0 Å². The number of nitrogens with one attached hydrogen (secondary N) is 2. The maximum atomic E-state index is 11.7. The van der Waals surface area contributed by atoms with Gasteiger partial charge in [-0.1, -0.05) is 0 Å². The molecule has 1 aromatic rings. The molecule has 1 aromatic carbocycles. The fourth-order valence-electron chi connectivity index (χ4n) is 2.48. The van der Waals surface area contributed by atoms with E-state index in [0.717, 1.165) is 25.9 Å². The van der Waals surface area contributed by atoms with Crippen LogP contribution < -0.4 is 20.1 Å². The van der Waals surface area contributed by atoms with Gasteiger partial charge in [-0.2, -0.15) is 0 Å². The first-order valence-corrected chi connectivity index (χ1v) is 7.53. The summed E-state index contributed by atoms with van der Waals surface area (Å²) < 4.78 is 10.3. The highest BCUT2D eigenvalue weighted by molar-refractivity contribution is 5.77. The van der Waals surface area contributed by atoms with E-state index in [-0.39, 0.29) is 24.0 Å². The van der Waals surface area contributed by atoms with Gasteiger partial charge in [0.15, 0.2) is 6.61 Å². The molecular formula is C15H21N3O5. The molecule has 0 radical (unpaired) electrons. The first-order chi connectivity index (χ1) is 11.1. The molecular weight excluding hydrogens is 302 g/mol. The third kappa shape index (κ3) is 5.10. The largest absolute Gasteiger partial charge is 0.490 e. The molecule has 1 heterocycles. The minimum absolute atomic E-state index is 0.0987. The maximum Gasteiger partial charge on any atom is 0.311 e. The van der Waals surface area contributed by atoms with E-state index in [1.54, 1.807) is 0 Å². The van der Waals surface area contributed by atoms with Crippen LogP contribution in [0.5, 0.6) is 11.5 Å². The highest BCUT2D eigenvalue weighted by Gasteiger charge is 2.16. The van der Waals surface area contributed by atoms with Crippen LogP contribution in [0.4, 0.5) is 5.69 Å². The Balaban J connectivity index is 1.76. The van der Waals surface area contributed by atoms with E-state index < -0.39 is 4.92 Å². The summed E-state index contributed by atoms with van der Waals surface area (Å²) in [7, 11) is 1.34. The first kappa shape index (κ1) is 17.0. The molecule has 1 aliphatic heterocycles. The number of nitro benzene ring substituents is 1. The van der Waals surface area contributed by atoms with Crippen LogP contribution in [0.15, 0.2) is 18.2 Å². The van der Waals surface area contributed by atoms with Crippen LogP contribution in [0.25, 0.3) is 0 Å². The van der Waals surface area contributed by atoms with Crippen molar-refractivity contribution in [2.75, 3.05) is 33.4 Å². The lowest BCUT2D eigenvalue weighted by Gasteiger charge is -2.10. The summed E-state index contributed by atoms with van der Waals surface area (Å²) >= 11 is 0. The lowest BCUT2D eigenvalue weighted by Crippen LogP contribution is -2.30. The molecule has 0 bridgehead atoms. The molecule has 1 saturated heterocycles. The van der Waals surface area contributed by atoms with E-state index in [9.17, 15) is 14.9 Å². The topological polar surface area (TPSA) is 103 Å². The van der Waals surface area contributed by atoms with Crippen LogP contribution in [-0.2, 0) is 4.79 Å². The molecule has 8 heteroatoms. The van der Waals surface area contributed by atoms with Gasteiger partial charge in [-0.05, 0) is 37.9 Å². The summed E-state index contributed by atoms with van der Waals surface area (Å²) in [6.07, 6.45) is 2.10. The Morgan fingerprint density at radius 1 is 1.52 bits per heavy atom. The molecule has 0 spiro atoms. The Hall–Kier alpha value is -2.35. The predicted molar refractivity (Wildman–Crippen MR) is 83.7 cm³/mol. The van der Waals surface area contributed by atoms with Gasteiger partial charge in [-0.3, -0.25) is 14.9 Å².